The highest BCUT2D eigenvalue weighted by atomic mass is 16.1. The minimum absolute atomic E-state index is 0.0206. The number of hydrogen-bond donors (Lipinski definition) is 1. The van der Waals surface area contributed by atoms with Crippen molar-refractivity contribution in [2.24, 2.45) is 5.92 Å². The molecule has 2 rings (SSSR count). The van der Waals surface area contributed by atoms with E-state index < -0.39 is 0 Å². The Morgan fingerprint density at radius 2 is 1.89 bits per heavy atom. The number of rotatable bonds is 3. The van der Waals surface area contributed by atoms with E-state index in [1.807, 2.05) is 12.1 Å². The average molecular weight is 246 g/mol. The molecule has 1 aliphatic heterocycles. The van der Waals surface area contributed by atoms with Gasteiger partial charge in [0.2, 0.25) is 5.91 Å². The molecule has 1 saturated heterocycles. The van der Waals surface area contributed by atoms with Gasteiger partial charge in [0.05, 0.1) is 0 Å². The Kier molecular flexibility index (Phi) is 4.37. The third kappa shape index (κ3) is 3.84. The van der Waals surface area contributed by atoms with Crippen LogP contribution in [0.4, 0.5) is 5.69 Å². The van der Waals surface area contributed by atoms with E-state index in [4.69, 9.17) is 0 Å². The van der Waals surface area contributed by atoms with Gasteiger partial charge >= 0.3 is 0 Å². The topological polar surface area (TPSA) is 32.3 Å². The lowest BCUT2D eigenvalue weighted by Gasteiger charge is -2.30. The molecule has 1 fully saturated rings. The fraction of sp³-hybridized carbons (Fsp3) is 0.533. The summed E-state index contributed by atoms with van der Waals surface area (Å²) in [6.07, 6.45) is 2.62. The van der Waals surface area contributed by atoms with Crippen LogP contribution >= 0.6 is 0 Å². The quantitative estimate of drug-likeness (QED) is 0.889. The van der Waals surface area contributed by atoms with E-state index in [1.54, 1.807) is 0 Å². The molecule has 1 aliphatic rings. The van der Waals surface area contributed by atoms with Gasteiger partial charge in [0.1, 0.15) is 0 Å². The highest BCUT2D eigenvalue weighted by Gasteiger charge is 2.15. The Balaban J connectivity index is 1.88. The number of nitrogens with one attached hydrogen (secondary N) is 1. The van der Waals surface area contributed by atoms with Crippen LogP contribution in [0.15, 0.2) is 24.3 Å². The average Bonchev–Trinajstić information content (AvgIpc) is 2.34. The highest BCUT2D eigenvalue weighted by Crippen LogP contribution is 2.18. The van der Waals surface area contributed by atoms with Crippen LogP contribution in [-0.4, -0.2) is 23.9 Å². The Hall–Kier alpha value is -1.35. The Labute approximate surface area is 109 Å². The van der Waals surface area contributed by atoms with Crippen molar-refractivity contribution in [2.75, 3.05) is 18.4 Å². The fourth-order valence-corrected chi connectivity index (χ4v) is 2.38. The predicted octanol–water partition coefficient (Wildman–Crippen LogP) is 2.88. The van der Waals surface area contributed by atoms with Crippen LogP contribution in [0.25, 0.3) is 0 Å². The minimum atomic E-state index is -0.0206. The van der Waals surface area contributed by atoms with Gasteiger partial charge in [-0.15, -0.1) is 0 Å². The molecule has 3 heteroatoms. The number of nitrogens with zero attached hydrogens (tertiary/aromatic N) is 1. The number of amides is 1. The van der Waals surface area contributed by atoms with E-state index in [1.165, 1.54) is 38.4 Å². The standard InChI is InChI=1S/C15H22N2O/c1-12-7-9-17(10-8-12)11-14-3-5-15(6-4-14)16-13(2)18/h3-6,12H,7-11H2,1-2H3,(H,16,18). The second kappa shape index (κ2) is 6.01. The monoisotopic (exact) mass is 246 g/mol. The summed E-state index contributed by atoms with van der Waals surface area (Å²) in [5.41, 5.74) is 2.19. The minimum Gasteiger partial charge on any atom is -0.326 e. The maximum absolute atomic E-state index is 10.9. The van der Waals surface area contributed by atoms with E-state index >= 15 is 0 Å². The molecule has 0 unspecified atom stereocenters. The first-order valence-corrected chi connectivity index (χ1v) is 6.72. The zero-order valence-corrected chi connectivity index (χ0v) is 11.3. The summed E-state index contributed by atoms with van der Waals surface area (Å²) < 4.78 is 0. The molecule has 0 radical (unpaired) electrons. The normalized spacial score (nSPS) is 17.7. The van der Waals surface area contributed by atoms with Crippen molar-refractivity contribution in [1.29, 1.82) is 0 Å². The summed E-state index contributed by atoms with van der Waals surface area (Å²) in [7, 11) is 0. The Morgan fingerprint density at radius 3 is 2.44 bits per heavy atom. The predicted molar refractivity (Wildman–Crippen MR) is 74.4 cm³/mol. The fourth-order valence-electron chi connectivity index (χ4n) is 2.38. The summed E-state index contributed by atoms with van der Waals surface area (Å²) in [5, 5.41) is 2.79. The van der Waals surface area contributed by atoms with E-state index in [-0.39, 0.29) is 5.91 Å². The molecule has 0 spiro atoms. The molecular formula is C15H22N2O. The van der Waals surface area contributed by atoms with Gasteiger partial charge < -0.3 is 5.32 Å². The van der Waals surface area contributed by atoms with E-state index in [2.05, 4.69) is 29.3 Å². The number of likely N-dealkylation sites (tertiary alicyclic amines) is 1. The maximum Gasteiger partial charge on any atom is 0.221 e. The van der Waals surface area contributed by atoms with Crippen molar-refractivity contribution >= 4 is 11.6 Å². The van der Waals surface area contributed by atoms with Gasteiger partial charge in [0.15, 0.2) is 0 Å². The van der Waals surface area contributed by atoms with Crippen LogP contribution in [0.5, 0.6) is 0 Å². The van der Waals surface area contributed by atoms with Crippen molar-refractivity contribution in [2.45, 2.75) is 33.2 Å². The number of benzene rings is 1. The molecule has 1 aromatic rings. The second-order valence-electron chi connectivity index (χ2n) is 5.34. The van der Waals surface area contributed by atoms with Gasteiger partial charge in [-0.25, -0.2) is 0 Å². The molecule has 1 heterocycles. The van der Waals surface area contributed by atoms with Crippen LogP contribution < -0.4 is 5.32 Å². The Bertz CT molecular complexity index is 391. The number of hydrogen-bond acceptors (Lipinski definition) is 2. The smallest absolute Gasteiger partial charge is 0.221 e. The molecule has 3 nitrogen and oxygen atoms in total. The summed E-state index contributed by atoms with van der Waals surface area (Å²) in [4.78, 5) is 13.4. The lowest BCUT2D eigenvalue weighted by Crippen LogP contribution is -2.32. The van der Waals surface area contributed by atoms with Crippen LogP contribution in [0, 0.1) is 5.92 Å². The third-order valence-electron chi connectivity index (χ3n) is 3.56. The molecule has 98 valence electrons. The van der Waals surface area contributed by atoms with Crippen LogP contribution in [0.2, 0.25) is 0 Å². The van der Waals surface area contributed by atoms with Gasteiger partial charge in [0, 0.05) is 19.2 Å². The van der Waals surface area contributed by atoms with Gasteiger partial charge in [-0.05, 0) is 49.5 Å². The number of anilines is 1. The molecular weight excluding hydrogens is 224 g/mol. The van der Waals surface area contributed by atoms with E-state index in [9.17, 15) is 4.79 Å². The number of carbonyl (C=O) groups is 1. The van der Waals surface area contributed by atoms with Gasteiger partial charge in [-0.2, -0.15) is 0 Å². The summed E-state index contributed by atoms with van der Waals surface area (Å²) in [6.45, 7) is 7.29. The SMILES string of the molecule is CC(=O)Nc1ccc(CN2CCC(C)CC2)cc1. The van der Waals surface area contributed by atoms with Crippen molar-refractivity contribution in [1.82, 2.24) is 4.90 Å². The molecule has 0 atom stereocenters. The zero-order valence-electron chi connectivity index (χ0n) is 11.3. The van der Waals surface area contributed by atoms with Crippen molar-refractivity contribution < 1.29 is 4.79 Å². The zero-order chi connectivity index (χ0) is 13.0. The molecule has 1 aromatic carbocycles. The van der Waals surface area contributed by atoms with Crippen molar-refractivity contribution in [3.05, 3.63) is 29.8 Å². The molecule has 0 saturated carbocycles. The van der Waals surface area contributed by atoms with E-state index in [0.29, 0.717) is 0 Å². The van der Waals surface area contributed by atoms with Gasteiger partial charge in [-0.3, -0.25) is 9.69 Å². The summed E-state index contributed by atoms with van der Waals surface area (Å²) >= 11 is 0. The van der Waals surface area contributed by atoms with Crippen LogP contribution in [-0.2, 0) is 11.3 Å². The first-order chi connectivity index (χ1) is 8.63. The highest BCUT2D eigenvalue weighted by molar-refractivity contribution is 5.88. The number of piperidine rings is 1. The third-order valence-corrected chi connectivity index (χ3v) is 3.56. The lowest BCUT2D eigenvalue weighted by atomic mass is 9.99. The lowest BCUT2D eigenvalue weighted by molar-refractivity contribution is -0.114. The second-order valence-corrected chi connectivity index (χ2v) is 5.34. The molecule has 1 amide bonds. The van der Waals surface area contributed by atoms with E-state index in [0.717, 1.165) is 18.2 Å². The van der Waals surface area contributed by atoms with Crippen molar-refractivity contribution in [3.8, 4) is 0 Å². The largest absolute Gasteiger partial charge is 0.326 e. The van der Waals surface area contributed by atoms with Crippen LogP contribution in [0.1, 0.15) is 32.3 Å². The molecule has 0 aliphatic carbocycles. The number of carbonyl (C=O) groups excluding carboxylic acids is 1. The molecule has 0 aromatic heterocycles. The maximum atomic E-state index is 10.9. The van der Waals surface area contributed by atoms with Gasteiger partial charge in [0.25, 0.3) is 0 Å². The molecule has 0 bridgehead atoms. The first-order valence-electron chi connectivity index (χ1n) is 6.72. The summed E-state index contributed by atoms with van der Waals surface area (Å²) in [6, 6.07) is 8.15. The molecule has 18 heavy (non-hydrogen) atoms. The molecule has 1 N–H and O–H groups in total. The Morgan fingerprint density at radius 1 is 1.28 bits per heavy atom. The first kappa shape index (κ1) is 13.1. The van der Waals surface area contributed by atoms with Gasteiger partial charge in [-0.1, -0.05) is 19.1 Å². The summed E-state index contributed by atoms with van der Waals surface area (Å²) in [5.74, 6) is 0.858. The van der Waals surface area contributed by atoms with Crippen LogP contribution in [0.3, 0.4) is 0 Å². The van der Waals surface area contributed by atoms with Crippen molar-refractivity contribution in [3.63, 3.8) is 0 Å².